The van der Waals surface area contributed by atoms with Gasteiger partial charge in [-0.25, -0.2) is 0 Å². The Labute approximate surface area is 112 Å². The van der Waals surface area contributed by atoms with Crippen LogP contribution in [-0.4, -0.2) is 36.6 Å². The number of carbonyl (C=O) groups is 1. The van der Waals surface area contributed by atoms with Crippen molar-refractivity contribution in [2.45, 2.75) is 19.4 Å². The first-order valence-electron chi connectivity index (χ1n) is 6.07. The van der Waals surface area contributed by atoms with Gasteiger partial charge in [0.25, 0.3) is 5.91 Å². The highest BCUT2D eigenvalue weighted by molar-refractivity contribution is 6.33. The Bertz CT molecular complexity index is 451. The largest absolute Gasteiger partial charge is 0.398 e. The first-order valence-corrected chi connectivity index (χ1v) is 6.45. The molecular formula is C13H17ClN2O2. The Balaban J connectivity index is 2.12. The molecule has 1 heterocycles. The fourth-order valence-electron chi connectivity index (χ4n) is 2.01. The number of nitrogens with zero attached hydrogens (tertiary/aromatic N) is 1. The molecule has 5 heteroatoms. The molecule has 18 heavy (non-hydrogen) atoms. The summed E-state index contributed by atoms with van der Waals surface area (Å²) in [4.78, 5) is 14.1. The molecule has 1 unspecified atom stereocenters. The van der Waals surface area contributed by atoms with Crippen LogP contribution in [0.15, 0.2) is 18.2 Å². The van der Waals surface area contributed by atoms with E-state index in [0.29, 0.717) is 36.0 Å². The van der Waals surface area contributed by atoms with Crippen molar-refractivity contribution >= 4 is 23.2 Å². The standard InChI is InChI=1S/C13H17ClN2O2/c1-2-10-8-16(5-6-18-10)13(17)9-3-4-11(14)12(15)7-9/h3-4,7,10H,2,5-6,8,15H2,1H3. The number of hydrogen-bond acceptors (Lipinski definition) is 3. The number of hydrogen-bond donors (Lipinski definition) is 1. The lowest BCUT2D eigenvalue weighted by Gasteiger charge is -2.32. The zero-order chi connectivity index (χ0) is 13.1. The van der Waals surface area contributed by atoms with Crippen LogP contribution < -0.4 is 5.73 Å². The van der Waals surface area contributed by atoms with E-state index < -0.39 is 0 Å². The van der Waals surface area contributed by atoms with Gasteiger partial charge in [0.2, 0.25) is 0 Å². The molecule has 0 spiro atoms. The van der Waals surface area contributed by atoms with Crippen molar-refractivity contribution in [2.75, 3.05) is 25.4 Å². The van der Waals surface area contributed by atoms with Crippen LogP contribution in [0.1, 0.15) is 23.7 Å². The minimum atomic E-state index is -0.0138. The van der Waals surface area contributed by atoms with E-state index in [1.165, 1.54) is 0 Å². The Morgan fingerprint density at radius 2 is 2.39 bits per heavy atom. The Morgan fingerprint density at radius 1 is 1.61 bits per heavy atom. The van der Waals surface area contributed by atoms with Crippen LogP contribution >= 0.6 is 11.6 Å². The molecule has 2 N–H and O–H groups in total. The third-order valence-electron chi connectivity index (χ3n) is 3.12. The molecule has 1 aliphatic heterocycles. The number of benzene rings is 1. The van der Waals surface area contributed by atoms with E-state index in [0.717, 1.165) is 6.42 Å². The van der Waals surface area contributed by atoms with Crippen molar-refractivity contribution < 1.29 is 9.53 Å². The lowest BCUT2D eigenvalue weighted by Crippen LogP contribution is -2.45. The van der Waals surface area contributed by atoms with Crippen LogP contribution in [0.2, 0.25) is 5.02 Å². The van der Waals surface area contributed by atoms with Crippen molar-refractivity contribution in [1.29, 1.82) is 0 Å². The first-order chi connectivity index (χ1) is 8.61. The highest BCUT2D eigenvalue weighted by Crippen LogP contribution is 2.21. The summed E-state index contributed by atoms with van der Waals surface area (Å²) in [6.07, 6.45) is 1.04. The van der Waals surface area contributed by atoms with Crippen LogP contribution in [0.3, 0.4) is 0 Å². The predicted molar refractivity (Wildman–Crippen MR) is 71.8 cm³/mol. The molecule has 1 fully saturated rings. The summed E-state index contributed by atoms with van der Waals surface area (Å²) in [5, 5.41) is 0.472. The number of anilines is 1. The minimum Gasteiger partial charge on any atom is -0.398 e. The molecule has 1 aromatic rings. The molecule has 0 bridgehead atoms. The third kappa shape index (κ3) is 2.76. The number of amides is 1. The monoisotopic (exact) mass is 268 g/mol. The molecular weight excluding hydrogens is 252 g/mol. The second-order valence-corrected chi connectivity index (χ2v) is 4.80. The van der Waals surface area contributed by atoms with Crippen molar-refractivity contribution in [2.24, 2.45) is 0 Å². The van der Waals surface area contributed by atoms with Gasteiger partial charge in [-0.15, -0.1) is 0 Å². The first kappa shape index (κ1) is 13.2. The quantitative estimate of drug-likeness (QED) is 0.837. The molecule has 1 amide bonds. The van der Waals surface area contributed by atoms with Gasteiger partial charge in [0.1, 0.15) is 0 Å². The van der Waals surface area contributed by atoms with Crippen LogP contribution in [0.4, 0.5) is 5.69 Å². The summed E-state index contributed by atoms with van der Waals surface area (Å²) in [5.41, 5.74) is 6.72. The smallest absolute Gasteiger partial charge is 0.254 e. The van der Waals surface area contributed by atoms with Gasteiger partial charge in [-0.05, 0) is 24.6 Å². The number of carbonyl (C=O) groups excluding carboxylic acids is 1. The lowest BCUT2D eigenvalue weighted by molar-refractivity contribution is -0.0226. The average Bonchev–Trinajstić information content (AvgIpc) is 2.41. The van der Waals surface area contributed by atoms with Gasteiger partial charge in [-0.3, -0.25) is 4.79 Å². The fraction of sp³-hybridized carbons (Fsp3) is 0.462. The number of halogens is 1. The van der Waals surface area contributed by atoms with E-state index in [1.54, 1.807) is 23.1 Å². The zero-order valence-corrected chi connectivity index (χ0v) is 11.1. The van der Waals surface area contributed by atoms with Crippen LogP contribution in [0.25, 0.3) is 0 Å². The molecule has 1 aromatic carbocycles. The highest BCUT2D eigenvalue weighted by Gasteiger charge is 2.24. The summed E-state index contributed by atoms with van der Waals surface area (Å²) in [7, 11) is 0. The Hall–Kier alpha value is -1.26. The van der Waals surface area contributed by atoms with Gasteiger partial charge in [-0.1, -0.05) is 18.5 Å². The third-order valence-corrected chi connectivity index (χ3v) is 3.47. The fourth-order valence-corrected chi connectivity index (χ4v) is 2.13. The number of rotatable bonds is 2. The van der Waals surface area contributed by atoms with E-state index >= 15 is 0 Å². The normalized spacial score (nSPS) is 19.9. The minimum absolute atomic E-state index is 0.0138. The molecule has 0 radical (unpaired) electrons. The topological polar surface area (TPSA) is 55.6 Å². The number of ether oxygens (including phenoxy) is 1. The van der Waals surface area contributed by atoms with Crippen LogP contribution in [0.5, 0.6) is 0 Å². The van der Waals surface area contributed by atoms with Gasteiger partial charge in [-0.2, -0.15) is 0 Å². The van der Waals surface area contributed by atoms with E-state index in [1.807, 2.05) is 0 Å². The maximum absolute atomic E-state index is 12.3. The van der Waals surface area contributed by atoms with Crippen LogP contribution in [-0.2, 0) is 4.74 Å². The van der Waals surface area contributed by atoms with Crippen molar-refractivity contribution in [3.63, 3.8) is 0 Å². The van der Waals surface area contributed by atoms with Crippen molar-refractivity contribution in [3.05, 3.63) is 28.8 Å². The highest BCUT2D eigenvalue weighted by atomic mass is 35.5. The predicted octanol–water partition coefficient (Wildman–Crippen LogP) is 2.17. The van der Waals surface area contributed by atoms with Crippen LogP contribution in [0, 0.1) is 0 Å². The number of nitrogen functional groups attached to an aromatic ring is 1. The van der Waals surface area contributed by atoms with Gasteiger partial charge in [0.05, 0.1) is 23.4 Å². The molecule has 1 saturated heterocycles. The second kappa shape index (κ2) is 5.59. The van der Waals surface area contributed by atoms with Gasteiger partial charge in [0.15, 0.2) is 0 Å². The molecule has 0 aromatic heterocycles. The average molecular weight is 269 g/mol. The number of nitrogens with two attached hydrogens (primary N) is 1. The van der Waals surface area contributed by atoms with Gasteiger partial charge >= 0.3 is 0 Å². The lowest BCUT2D eigenvalue weighted by atomic mass is 10.1. The van der Waals surface area contributed by atoms with Crippen molar-refractivity contribution in [1.82, 2.24) is 4.90 Å². The van der Waals surface area contributed by atoms with Gasteiger partial charge < -0.3 is 15.4 Å². The molecule has 1 aliphatic rings. The second-order valence-electron chi connectivity index (χ2n) is 4.39. The molecule has 98 valence electrons. The molecule has 2 rings (SSSR count). The summed E-state index contributed by atoms with van der Waals surface area (Å²) in [5.74, 6) is -0.0138. The Kier molecular flexibility index (Phi) is 4.09. The summed E-state index contributed by atoms with van der Waals surface area (Å²) in [6.45, 7) is 3.90. The molecule has 0 aliphatic carbocycles. The van der Waals surface area contributed by atoms with E-state index in [-0.39, 0.29) is 12.0 Å². The summed E-state index contributed by atoms with van der Waals surface area (Å²) in [6, 6.07) is 4.99. The summed E-state index contributed by atoms with van der Waals surface area (Å²) >= 11 is 5.85. The maximum atomic E-state index is 12.3. The SMILES string of the molecule is CCC1CN(C(=O)c2ccc(Cl)c(N)c2)CCO1. The van der Waals surface area contributed by atoms with Crippen molar-refractivity contribution in [3.8, 4) is 0 Å². The number of morpholine rings is 1. The van der Waals surface area contributed by atoms with E-state index in [9.17, 15) is 4.79 Å². The zero-order valence-electron chi connectivity index (χ0n) is 10.4. The summed E-state index contributed by atoms with van der Waals surface area (Å²) < 4.78 is 5.55. The van der Waals surface area contributed by atoms with Gasteiger partial charge in [0, 0.05) is 18.7 Å². The molecule has 1 atom stereocenters. The Morgan fingerprint density at radius 3 is 3.06 bits per heavy atom. The maximum Gasteiger partial charge on any atom is 0.254 e. The molecule has 4 nitrogen and oxygen atoms in total. The molecule has 0 saturated carbocycles. The van der Waals surface area contributed by atoms with E-state index in [4.69, 9.17) is 22.1 Å². The van der Waals surface area contributed by atoms with E-state index in [2.05, 4.69) is 6.92 Å².